The Balaban J connectivity index is 1.98. The zero-order valence-corrected chi connectivity index (χ0v) is 15.1. The van der Waals surface area contributed by atoms with E-state index < -0.39 is 11.9 Å². The van der Waals surface area contributed by atoms with Gasteiger partial charge in [-0.05, 0) is 31.0 Å². The molecule has 1 aliphatic heterocycles. The molecule has 2 heterocycles. The van der Waals surface area contributed by atoms with E-state index in [-0.39, 0.29) is 11.3 Å². The number of nitrogens with two attached hydrogens (primary N) is 1. The molecule has 0 unspecified atom stereocenters. The summed E-state index contributed by atoms with van der Waals surface area (Å²) in [5, 5.41) is 7.57. The number of carbonyl (C=O) groups is 2. The SMILES string of the molecule is COc1ccc(OC)c([C@@H]2C3=C(CCCC3=O)Nc3c(C(N)=O)cnn32)c1. The van der Waals surface area contributed by atoms with Crippen molar-refractivity contribution in [3.8, 4) is 11.5 Å². The number of carbonyl (C=O) groups excluding carboxylic acids is 2. The maximum atomic E-state index is 12.8. The number of nitrogens with zero attached hydrogens (tertiary/aromatic N) is 2. The van der Waals surface area contributed by atoms with Crippen LogP contribution in [0.25, 0.3) is 0 Å². The Morgan fingerprint density at radius 3 is 2.81 bits per heavy atom. The number of ether oxygens (including phenoxy) is 2. The van der Waals surface area contributed by atoms with Gasteiger partial charge in [0, 0.05) is 23.3 Å². The summed E-state index contributed by atoms with van der Waals surface area (Å²) < 4.78 is 12.5. The quantitative estimate of drug-likeness (QED) is 0.855. The third-order valence-corrected chi connectivity index (χ3v) is 5.04. The maximum Gasteiger partial charge on any atom is 0.254 e. The topological polar surface area (TPSA) is 108 Å². The fourth-order valence-electron chi connectivity index (χ4n) is 3.78. The predicted octanol–water partition coefficient (Wildman–Crippen LogP) is 2.02. The summed E-state index contributed by atoms with van der Waals surface area (Å²) in [6.45, 7) is 0. The van der Waals surface area contributed by atoms with Crippen molar-refractivity contribution in [1.82, 2.24) is 9.78 Å². The normalized spacial score (nSPS) is 18.4. The highest BCUT2D eigenvalue weighted by atomic mass is 16.5. The zero-order chi connectivity index (χ0) is 19.1. The van der Waals surface area contributed by atoms with Crippen molar-refractivity contribution in [2.45, 2.75) is 25.3 Å². The first kappa shape index (κ1) is 17.1. The van der Waals surface area contributed by atoms with Crippen molar-refractivity contribution in [2.24, 2.45) is 5.73 Å². The summed E-state index contributed by atoms with van der Waals surface area (Å²) in [4.78, 5) is 24.6. The molecule has 1 amide bonds. The Kier molecular flexibility index (Phi) is 4.10. The molecule has 4 rings (SSSR count). The summed E-state index contributed by atoms with van der Waals surface area (Å²) in [5.41, 5.74) is 7.97. The van der Waals surface area contributed by atoms with E-state index in [1.807, 2.05) is 6.07 Å². The van der Waals surface area contributed by atoms with Gasteiger partial charge in [0.1, 0.15) is 28.9 Å². The van der Waals surface area contributed by atoms with E-state index in [1.165, 1.54) is 6.20 Å². The molecule has 0 radical (unpaired) electrons. The van der Waals surface area contributed by atoms with Gasteiger partial charge in [-0.25, -0.2) is 4.68 Å². The minimum absolute atomic E-state index is 0.0559. The van der Waals surface area contributed by atoms with Crippen LogP contribution in [0.3, 0.4) is 0 Å². The van der Waals surface area contributed by atoms with E-state index >= 15 is 0 Å². The standard InChI is InChI=1S/C19H20N4O4/c1-26-10-6-7-15(27-2)11(8-10)17-16-13(4-3-5-14(16)24)22-19-12(18(20)25)9-21-23(17)19/h6-9,17,22H,3-5H2,1-2H3,(H2,20,25)/t17-/m1/s1. The van der Waals surface area contributed by atoms with Crippen molar-refractivity contribution in [3.05, 3.63) is 46.8 Å². The van der Waals surface area contributed by atoms with Crippen LogP contribution in [0, 0.1) is 0 Å². The average Bonchev–Trinajstić information content (AvgIpc) is 3.10. The lowest BCUT2D eigenvalue weighted by Gasteiger charge is -2.34. The Labute approximate surface area is 155 Å². The van der Waals surface area contributed by atoms with Crippen molar-refractivity contribution in [2.75, 3.05) is 19.5 Å². The largest absolute Gasteiger partial charge is 0.497 e. The van der Waals surface area contributed by atoms with E-state index in [0.29, 0.717) is 35.7 Å². The number of allylic oxidation sites excluding steroid dienone is 2. The second kappa shape index (κ2) is 6.46. The molecule has 2 aromatic rings. The van der Waals surface area contributed by atoms with Gasteiger partial charge in [0.05, 0.1) is 20.4 Å². The number of Topliss-reactive ketones (excluding diaryl/α,β-unsaturated/α-hetero) is 1. The zero-order valence-electron chi connectivity index (χ0n) is 15.1. The summed E-state index contributed by atoms with van der Waals surface area (Å²) >= 11 is 0. The summed E-state index contributed by atoms with van der Waals surface area (Å²) in [5.74, 6) is 1.21. The summed E-state index contributed by atoms with van der Waals surface area (Å²) in [6, 6.07) is 4.89. The first-order valence-corrected chi connectivity index (χ1v) is 8.67. The van der Waals surface area contributed by atoms with Gasteiger partial charge in [0.15, 0.2) is 5.78 Å². The van der Waals surface area contributed by atoms with Gasteiger partial charge in [0.25, 0.3) is 5.91 Å². The number of hydrogen-bond donors (Lipinski definition) is 2. The molecule has 0 fully saturated rings. The number of ketones is 1. The van der Waals surface area contributed by atoms with Crippen LogP contribution in [0.4, 0.5) is 5.82 Å². The van der Waals surface area contributed by atoms with E-state index in [1.54, 1.807) is 31.0 Å². The number of hydrogen-bond acceptors (Lipinski definition) is 6. The molecule has 3 N–H and O–H groups in total. The third kappa shape index (κ3) is 2.64. The second-order valence-corrected chi connectivity index (χ2v) is 6.52. The molecule has 0 spiro atoms. The number of primary amides is 1. The molecule has 0 saturated carbocycles. The van der Waals surface area contributed by atoms with Crippen LogP contribution in [-0.4, -0.2) is 35.7 Å². The molecule has 0 saturated heterocycles. The number of anilines is 1. The van der Waals surface area contributed by atoms with Crippen molar-refractivity contribution in [1.29, 1.82) is 0 Å². The van der Waals surface area contributed by atoms with Crippen LogP contribution in [0.5, 0.6) is 11.5 Å². The lowest BCUT2D eigenvalue weighted by atomic mass is 9.85. The predicted molar refractivity (Wildman–Crippen MR) is 97.9 cm³/mol. The summed E-state index contributed by atoms with van der Waals surface area (Å²) in [7, 11) is 3.15. The minimum atomic E-state index is -0.578. The highest BCUT2D eigenvalue weighted by Crippen LogP contribution is 2.44. The van der Waals surface area contributed by atoms with Crippen LogP contribution in [0.2, 0.25) is 0 Å². The van der Waals surface area contributed by atoms with Gasteiger partial charge in [-0.1, -0.05) is 0 Å². The van der Waals surface area contributed by atoms with E-state index in [9.17, 15) is 9.59 Å². The molecule has 1 aromatic heterocycles. The number of amides is 1. The molecule has 1 aliphatic carbocycles. The highest BCUT2D eigenvalue weighted by molar-refractivity contribution is 6.02. The monoisotopic (exact) mass is 368 g/mol. The first-order valence-electron chi connectivity index (χ1n) is 8.67. The average molecular weight is 368 g/mol. The van der Waals surface area contributed by atoms with Crippen LogP contribution >= 0.6 is 0 Å². The van der Waals surface area contributed by atoms with Gasteiger partial charge >= 0.3 is 0 Å². The minimum Gasteiger partial charge on any atom is -0.497 e. The van der Waals surface area contributed by atoms with Crippen LogP contribution in [0.1, 0.15) is 41.2 Å². The molecule has 27 heavy (non-hydrogen) atoms. The smallest absolute Gasteiger partial charge is 0.254 e. The van der Waals surface area contributed by atoms with Crippen molar-refractivity contribution in [3.63, 3.8) is 0 Å². The lowest BCUT2D eigenvalue weighted by molar-refractivity contribution is -0.116. The number of benzene rings is 1. The molecule has 8 heteroatoms. The molecule has 140 valence electrons. The molecule has 8 nitrogen and oxygen atoms in total. The molecule has 1 atom stereocenters. The number of methoxy groups -OCH3 is 2. The lowest BCUT2D eigenvalue weighted by Crippen LogP contribution is -2.32. The Bertz CT molecular complexity index is 976. The van der Waals surface area contributed by atoms with E-state index in [2.05, 4.69) is 10.4 Å². The highest BCUT2D eigenvalue weighted by Gasteiger charge is 2.38. The van der Waals surface area contributed by atoms with Gasteiger partial charge in [0.2, 0.25) is 0 Å². The van der Waals surface area contributed by atoms with Crippen molar-refractivity contribution < 1.29 is 19.1 Å². The second-order valence-electron chi connectivity index (χ2n) is 6.52. The molecule has 1 aromatic carbocycles. The number of fused-ring (bicyclic) bond motifs is 1. The number of rotatable bonds is 4. The molecule has 2 aliphatic rings. The summed E-state index contributed by atoms with van der Waals surface area (Å²) in [6.07, 6.45) is 3.37. The molecular weight excluding hydrogens is 348 g/mol. The van der Waals surface area contributed by atoms with E-state index in [4.69, 9.17) is 15.2 Å². The van der Waals surface area contributed by atoms with Crippen LogP contribution in [0.15, 0.2) is 35.7 Å². The van der Waals surface area contributed by atoms with E-state index in [0.717, 1.165) is 17.7 Å². The van der Waals surface area contributed by atoms with Gasteiger partial charge in [-0.15, -0.1) is 0 Å². The molecular formula is C19H20N4O4. The Morgan fingerprint density at radius 2 is 2.11 bits per heavy atom. The fraction of sp³-hybridized carbons (Fsp3) is 0.316. The van der Waals surface area contributed by atoms with Gasteiger partial charge < -0.3 is 20.5 Å². The van der Waals surface area contributed by atoms with Crippen molar-refractivity contribution >= 4 is 17.5 Å². The third-order valence-electron chi connectivity index (χ3n) is 5.04. The number of aromatic nitrogens is 2. The number of nitrogens with one attached hydrogen (secondary N) is 1. The first-order chi connectivity index (χ1) is 13.0. The fourth-order valence-corrected chi connectivity index (χ4v) is 3.78. The van der Waals surface area contributed by atoms with Gasteiger partial charge in [-0.2, -0.15) is 5.10 Å². The van der Waals surface area contributed by atoms with Crippen LogP contribution < -0.4 is 20.5 Å². The van der Waals surface area contributed by atoms with Gasteiger partial charge in [-0.3, -0.25) is 9.59 Å². The van der Waals surface area contributed by atoms with Crippen LogP contribution in [-0.2, 0) is 4.79 Å². The Morgan fingerprint density at radius 1 is 1.30 bits per heavy atom. The maximum absolute atomic E-state index is 12.8. The molecule has 0 bridgehead atoms. The Hall–Kier alpha value is -3.29.